The number of carboxylic acid groups (broad SMARTS) is 1. The molecule has 12 amide bonds. The number of amides is 12. The van der Waals surface area contributed by atoms with E-state index in [9.17, 15) is 57.8 Å². The molecule has 0 aliphatic carbocycles. The van der Waals surface area contributed by atoms with Crippen LogP contribution in [0.1, 0.15) is 180 Å². The van der Waals surface area contributed by atoms with Crippen molar-refractivity contribution in [2.45, 2.75) is 262 Å². The molecule has 118 heavy (non-hydrogen) atoms. The first-order valence-electron chi connectivity index (χ1n) is 42.0. The molecule has 1 aliphatic rings. The molecule has 0 aromatic heterocycles. The van der Waals surface area contributed by atoms with Gasteiger partial charge in [-0.3, -0.25) is 57.5 Å². The molecule has 22 N–H and O–H groups in total. The van der Waals surface area contributed by atoms with Gasteiger partial charge in [0.1, 0.15) is 72.5 Å². The molecule has 31 nitrogen and oxygen atoms in total. The average Bonchev–Trinajstić information content (AvgIpc) is 1.64. The highest BCUT2D eigenvalue weighted by Crippen LogP contribution is 2.23. The minimum absolute atomic E-state index is 0.0470. The van der Waals surface area contributed by atoms with Crippen LogP contribution in [0.4, 0.5) is 0 Å². The van der Waals surface area contributed by atoms with Crippen molar-refractivity contribution < 1.29 is 67.4 Å². The van der Waals surface area contributed by atoms with Crippen molar-refractivity contribution in [1.29, 1.82) is 0 Å². The Balaban J connectivity index is 1.35. The maximum atomic E-state index is 15.1. The number of likely N-dealkylation sites (tertiary alicyclic amines) is 1. The van der Waals surface area contributed by atoms with Gasteiger partial charge < -0.3 is 97.2 Å². The predicted molar refractivity (Wildman–Crippen MR) is 452 cm³/mol. The van der Waals surface area contributed by atoms with Gasteiger partial charge >= 0.3 is 5.97 Å². The molecule has 13 atom stereocenters. The second-order valence-electron chi connectivity index (χ2n) is 32.3. The number of carbonyl (C=O) groups excluding carboxylic acids is 12. The monoisotopic (exact) mass is 1640 g/mol. The Kier molecular flexibility index (Phi) is 43.8. The van der Waals surface area contributed by atoms with Gasteiger partial charge in [-0.05, 0) is 168 Å². The van der Waals surface area contributed by atoms with Gasteiger partial charge in [0, 0.05) is 32.2 Å². The standard InChI is InChI=1S/C87H133N17O14/c1-54(2)48-66(79(109)97-67(50-58-30-13-9-14-31-58)80(110)98-68(51-59-32-15-10-16-33-59)82(112)101-71(87(117)118)53-61-36-19-12-20-37-61)96-81(111)69(52-60-34-17-11-18-35-60)99-83(113)72-42-29-47-104(72)86(116)70(49-55(3)4)100-84(114)73(56(5)6)103-85(115)74(57(7)8)102-78(108)65(41-24-28-46-91)95-77(107)64(40-23-27-45-90)94-76(106)63(39-22-26-44-89)93-75(105)62(92)38-21-25-43-88/h9-20,30-37,54-57,62-74H,21-29,38-53,88-92H2,1-8H3,(H,93,105)(H,94,106)(H,95,107)(H,96,111)(H,97,109)(H,98,110)(H,99,113)(H,100,114)(H,101,112)(H,102,108)(H,103,115)(H,117,118)/t62-,63-,64-,65-,66-,67-,68-,69-,70-,71-,72-,73-,74-/m0/s1. The molecule has 1 saturated heterocycles. The molecule has 1 fully saturated rings. The summed E-state index contributed by atoms with van der Waals surface area (Å²) in [4.78, 5) is 189. The lowest BCUT2D eigenvalue weighted by atomic mass is 9.97. The van der Waals surface area contributed by atoms with Crippen LogP contribution in [0, 0.1) is 23.7 Å². The fourth-order valence-corrected chi connectivity index (χ4v) is 14.1. The Bertz CT molecular complexity index is 3810. The van der Waals surface area contributed by atoms with Crippen LogP contribution in [-0.2, 0) is 88.0 Å². The van der Waals surface area contributed by atoms with Crippen LogP contribution in [-0.4, -0.2) is 198 Å². The smallest absolute Gasteiger partial charge is 0.326 e. The molecular formula is C87H133N17O14. The Morgan fingerprint density at radius 1 is 0.347 bits per heavy atom. The number of aliphatic carboxylic acids is 1. The summed E-state index contributed by atoms with van der Waals surface area (Å²) in [5, 5.41) is 41.3. The molecule has 4 aromatic rings. The van der Waals surface area contributed by atoms with Crippen molar-refractivity contribution in [3.8, 4) is 0 Å². The summed E-state index contributed by atoms with van der Waals surface area (Å²) in [6, 6.07) is 19.2. The topological polar surface area (TPSA) is 508 Å². The van der Waals surface area contributed by atoms with E-state index in [-0.39, 0.29) is 89.1 Å². The van der Waals surface area contributed by atoms with Gasteiger partial charge in [0.25, 0.3) is 0 Å². The fraction of sp³-hybridized carbons (Fsp3) is 0.575. The SMILES string of the molecule is CC(C)C[C@H](NC(=O)[C@H](Cc1ccccc1)NC(=O)[C@@H]1CCCN1C(=O)[C@H](CC(C)C)NC(=O)[C@@H](NC(=O)[C@@H](NC(=O)[C@H](CCCCN)NC(=O)[C@H](CCCCN)NC(=O)[C@H](CCCCN)NC(=O)[C@@H](N)CCCCN)C(C)C)C(C)C)C(=O)N[C@@H](Cc1ccccc1)C(=O)N[C@@H](Cc1ccccc1)C(=O)N[C@@H](Cc1ccccc1)C(=O)O. The van der Waals surface area contributed by atoms with Gasteiger partial charge in [-0.2, -0.15) is 0 Å². The summed E-state index contributed by atoms with van der Waals surface area (Å²) < 4.78 is 0. The van der Waals surface area contributed by atoms with E-state index in [1.807, 2.05) is 27.7 Å². The van der Waals surface area contributed by atoms with Gasteiger partial charge in [0.15, 0.2) is 0 Å². The summed E-state index contributed by atoms with van der Waals surface area (Å²) in [7, 11) is 0. The van der Waals surface area contributed by atoms with E-state index in [0.717, 1.165) is 0 Å². The predicted octanol–water partition coefficient (Wildman–Crippen LogP) is 2.61. The second kappa shape index (κ2) is 52.6. The molecular weight excluding hydrogens is 1510 g/mol. The van der Waals surface area contributed by atoms with E-state index in [2.05, 4.69) is 58.5 Å². The Hall–Kier alpha value is -10.2. The zero-order valence-electron chi connectivity index (χ0n) is 70.1. The Labute approximate surface area is 695 Å². The van der Waals surface area contributed by atoms with Gasteiger partial charge in [0.05, 0.1) is 6.04 Å². The van der Waals surface area contributed by atoms with E-state index < -0.39 is 167 Å². The van der Waals surface area contributed by atoms with Gasteiger partial charge in [-0.15, -0.1) is 0 Å². The minimum Gasteiger partial charge on any atom is -0.480 e. The molecule has 4 aromatic carbocycles. The van der Waals surface area contributed by atoms with E-state index >= 15 is 9.59 Å². The number of carbonyl (C=O) groups is 13. The highest BCUT2D eigenvalue weighted by molar-refractivity contribution is 6.00. The van der Waals surface area contributed by atoms with Crippen LogP contribution in [0.15, 0.2) is 121 Å². The first-order chi connectivity index (χ1) is 56.4. The zero-order valence-corrected chi connectivity index (χ0v) is 70.1. The summed E-state index contributed by atoms with van der Waals surface area (Å²) in [5.74, 6) is -11.4. The third-order valence-corrected chi connectivity index (χ3v) is 20.7. The van der Waals surface area contributed by atoms with Gasteiger partial charge in [-0.25, -0.2) is 4.79 Å². The molecule has 0 bridgehead atoms. The Morgan fingerprint density at radius 3 is 1.01 bits per heavy atom. The summed E-state index contributed by atoms with van der Waals surface area (Å²) in [6.07, 6.45) is 5.27. The van der Waals surface area contributed by atoms with E-state index in [4.69, 9.17) is 28.7 Å². The molecule has 0 saturated carbocycles. The maximum absolute atomic E-state index is 15.1. The van der Waals surface area contributed by atoms with Crippen LogP contribution >= 0.6 is 0 Å². The van der Waals surface area contributed by atoms with Crippen molar-refractivity contribution in [3.63, 3.8) is 0 Å². The van der Waals surface area contributed by atoms with Crippen molar-refractivity contribution in [2.75, 3.05) is 32.7 Å². The molecule has 0 unspecified atom stereocenters. The summed E-state index contributed by atoms with van der Waals surface area (Å²) in [5.41, 5.74) is 31.9. The number of nitrogens with zero attached hydrogens (tertiary/aromatic N) is 1. The minimum atomic E-state index is -1.37. The number of nitrogens with two attached hydrogens (primary N) is 5. The average molecular weight is 1640 g/mol. The van der Waals surface area contributed by atoms with Crippen molar-refractivity contribution in [1.82, 2.24) is 63.4 Å². The van der Waals surface area contributed by atoms with Gasteiger partial charge in [-0.1, -0.05) is 183 Å². The quantitative estimate of drug-likeness (QED) is 0.0283. The number of carboxylic acids is 1. The molecule has 1 heterocycles. The number of rotatable bonds is 54. The molecule has 31 heteroatoms. The number of benzene rings is 4. The van der Waals surface area contributed by atoms with Crippen molar-refractivity contribution in [3.05, 3.63) is 144 Å². The highest BCUT2D eigenvalue weighted by atomic mass is 16.4. The summed E-state index contributed by atoms with van der Waals surface area (Å²) >= 11 is 0. The molecule has 1 aliphatic heterocycles. The van der Waals surface area contributed by atoms with Crippen LogP contribution in [0.2, 0.25) is 0 Å². The van der Waals surface area contributed by atoms with E-state index in [0.29, 0.717) is 106 Å². The Morgan fingerprint density at radius 2 is 0.636 bits per heavy atom. The normalized spacial score (nSPS) is 15.7. The van der Waals surface area contributed by atoms with Crippen LogP contribution in [0.25, 0.3) is 0 Å². The highest BCUT2D eigenvalue weighted by Gasteiger charge is 2.42. The lowest BCUT2D eigenvalue weighted by Crippen LogP contribution is -2.62. The van der Waals surface area contributed by atoms with E-state index in [1.54, 1.807) is 149 Å². The second-order valence-corrected chi connectivity index (χ2v) is 32.3. The van der Waals surface area contributed by atoms with E-state index in [1.165, 1.54) is 4.90 Å². The van der Waals surface area contributed by atoms with Gasteiger partial charge in [0.2, 0.25) is 70.9 Å². The number of hydrogen-bond donors (Lipinski definition) is 17. The number of unbranched alkanes of at least 4 members (excludes halogenated alkanes) is 4. The molecule has 0 spiro atoms. The van der Waals surface area contributed by atoms with Crippen molar-refractivity contribution >= 4 is 76.9 Å². The molecule has 0 radical (unpaired) electrons. The summed E-state index contributed by atoms with van der Waals surface area (Å²) in [6.45, 7) is 15.6. The van der Waals surface area contributed by atoms with Crippen LogP contribution in [0.3, 0.4) is 0 Å². The largest absolute Gasteiger partial charge is 0.480 e. The molecule has 650 valence electrons. The lowest BCUT2D eigenvalue weighted by molar-refractivity contribution is -0.143. The first kappa shape index (κ1) is 98.4. The number of nitrogens with one attached hydrogen (secondary N) is 11. The van der Waals surface area contributed by atoms with Crippen LogP contribution in [0.5, 0.6) is 0 Å². The first-order valence-corrected chi connectivity index (χ1v) is 42.0. The third-order valence-electron chi connectivity index (χ3n) is 20.7. The zero-order chi connectivity index (χ0) is 86.8. The van der Waals surface area contributed by atoms with Crippen molar-refractivity contribution in [2.24, 2.45) is 52.3 Å². The lowest BCUT2D eigenvalue weighted by Gasteiger charge is -2.32. The third kappa shape index (κ3) is 34.4. The fourth-order valence-electron chi connectivity index (χ4n) is 14.1. The van der Waals surface area contributed by atoms with Crippen LogP contribution < -0.4 is 87.2 Å². The number of hydrogen-bond acceptors (Lipinski definition) is 18. The maximum Gasteiger partial charge on any atom is 0.326 e. The molecule has 5 rings (SSSR count).